The van der Waals surface area contributed by atoms with Crippen LogP contribution in [0.25, 0.3) is 11.1 Å². The third-order valence-corrected chi connectivity index (χ3v) is 8.04. The molecule has 1 unspecified atom stereocenters. The maximum Gasteiger partial charge on any atom is 0.356 e. The summed E-state index contributed by atoms with van der Waals surface area (Å²) in [4.78, 5) is 34.0. The molecule has 0 saturated carbocycles. The summed E-state index contributed by atoms with van der Waals surface area (Å²) in [6.45, 7) is 0. The third-order valence-electron chi connectivity index (χ3n) is 7.09. The molecule has 1 amide bonds. The second kappa shape index (κ2) is 10.8. The maximum absolute atomic E-state index is 13.6. The minimum atomic E-state index is -4.47. The summed E-state index contributed by atoms with van der Waals surface area (Å²) >= 11 is 0. The standard InChI is InChI=1S/C30H27FNO6P/c31-22-8-4-7-20(16-22)27(33)15-14-26-29(32(30(26)35)23-9-2-1-3-10-23)21-12-13-25(28(34)18-21)19-6-5-11-24(17-19)39(36,37)38/h1-13,16-18,26-27,29,33-34H,14-15H2,(H2,36,37,38)/t26-,27?,29-/m1/s1. The first-order valence-corrected chi connectivity index (χ1v) is 14.1. The Morgan fingerprint density at radius 1 is 0.897 bits per heavy atom. The number of nitrogens with zero attached hydrogens (tertiary/aromatic N) is 1. The summed E-state index contributed by atoms with van der Waals surface area (Å²) in [5.41, 5.74) is 2.66. The summed E-state index contributed by atoms with van der Waals surface area (Å²) in [6.07, 6.45) is -0.340. The van der Waals surface area contributed by atoms with Crippen molar-refractivity contribution in [3.05, 3.63) is 114 Å². The molecule has 7 nitrogen and oxygen atoms in total. The first-order chi connectivity index (χ1) is 18.6. The number of para-hydroxylation sites is 1. The van der Waals surface area contributed by atoms with E-state index >= 15 is 0 Å². The molecule has 4 N–H and O–H groups in total. The molecule has 200 valence electrons. The summed E-state index contributed by atoms with van der Waals surface area (Å²) in [5, 5.41) is 21.4. The fraction of sp³-hybridized carbons (Fsp3) is 0.167. The van der Waals surface area contributed by atoms with Crippen molar-refractivity contribution < 1.29 is 33.7 Å². The van der Waals surface area contributed by atoms with E-state index in [1.165, 1.54) is 36.4 Å². The Labute approximate surface area is 225 Å². The van der Waals surface area contributed by atoms with Crippen molar-refractivity contribution in [2.24, 2.45) is 5.92 Å². The largest absolute Gasteiger partial charge is 0.507 e. The average Bonchev–Trinajstić information content (AvgIpc) is 2.91. The monoisotopic (exact) mass is 547 g/mol. The number of phenolic OH excluding ortho intramolecular Hbond substituents is 1. The zero-order chi connectivity index (χ0) is 27.7. The molecule has 0 spiro atoms. The number of halogens is 1. The number of aliphatic hydroxyl groups excluding tert-OH is 1. The average molecular weight is 548 g/mol. The van der Waals surface area contributed by atoms with Gasteiger partial charge in [0.15, 0.2) is 0 Å². The molecule has 0 aromatic heterocycles. The number of anilines is 1. The predicted molar refractivity (Wildman–Crippen MR) is 146 cm³/mol. The smallest absolute Gasteiger partial charge is 0.356 e. The fourth-order valence-corrected chi connectivity index (χ4v) is 5.72. The van der Waals surface area contributed by atoms with E-state index in [2.05, 4.69) is 0 Å². The number of carbonyl (C=O) groups is 1. The topological polar surface area (TPSA) is 118 Å². The summed E-state index contributed by atoms with van der Waals surface area (Å²) in [7, 11) is -4.47. The van der Waals surface area contributed by atoms with Crippen LogP contribution in [0.15, 0.2) is 97.1 Å². The van der Waals surface area contributed by atoms with Crippen LogP contribution >= 0.6 is 7.60 Å². The lowest BCUT2D eigenvalue weighted by atomic mass is 9.78. The van der Waals surface area contributed by atoms with Crippen LogP contribution in [0, 0.1) is 11.7 Å². The molecule has 1 aliphatic heterocycles. The normalized spacial score (nSPS) is 18.1. The second-order valence-corrected chi connectivity index (χ2v) is 11.2. The van der Waals surface area contributed by atoms with Crippen LogP contribution < -0.4 is 10.2 Å². The van der Waals surface area contributed by atoms with Crippen LogP contribution in [-0.2, 0) is 9.36 Å². The van der Waals surface area contributed by atoms with E-state index in [4.69, 9.17) is 0 Å². The summed E-state index contributed by atoms with van der Waals surface area (Å²) in [5.74, 6) is -1.13. The summed E-state index contributed by atoms with van der Waals surface area (Å²) in [6, 6.07) is 25.3. The molecule has 39 heavy (non-hydrogen) atoms. The molecule has 0 bridgehead atoms. The van der Waals surface area contributed by atoms with Gasteiger partial charge in [0.25, 0.3) is 0 Å². The van der Waals surface area contributed by atoms with Gasteiger partial charge in [-0.05, 0) is 72.0 Å². The highest BCUT2D eigenvalue weighted by atomic mass is 31.2. The number of benzene rings is 4. The number of carbonyl (C=O) groups excluding carboxylic acids is 1. The van der Waals surface area contributed by atoms with E-state index < -0.39 is 31.5 Å². The quantitative estimate of drug-likeness (QED) is 0.178. The molecule has 4 aromatic carbocycles. The Balaban J connectivity index is 1.44. The van der Waals surface area contributed by atoms with Crippen LogP contribution in [0.5, 0.6) is 5.75 Å². The highest BCUT2D eigenvalue weighted by molar-refractivity contribution is 7.60. The Bertz CT molecular complexity index is 1560. The number of hydrogen-bond acceptors (Lipinski definition) is 4. The molecule has 1 aliphatic rings. The summed E-state index contributed by atoms with van der Waals surface area (Å²) < 4.78 is 25.3. The highest BCUT2D eigenvalue weighted by Crippen LogP contribution is 2.47. The van der Waals surface area contributed by atoms with Gasteiger partial charge in [0, 0.05) is 11.3 Å². The zero-order valence-corrected chi connectivity index (χ0v) is 21.7. The van der Waals surface area contributed by atoms with Crippen LogP contribution in [-0.4, -0.2) is 25.9 Å². The molecule has 4 aromatic rings. The molecule has 3 atom stereocenters. The van der Waals surface area contributed by atoms with Gasteiger partial charge in [0.1, 0.15) is 11.6 Å². The van der Waals surface area contributed by atoms with E-state index in [1.807, 2.05) is 30.3 Å². The molecular formula is C30H27FNO6P. The number of rotatable bonds is 8. The van der Waals surface area contributed by atoms with Crippen molar-refractivity contribution in [3.8, 4) is 16.9 Å². The maximum atomic E-state index is 13.6. The Morgan fingerprint density at radius 3 is 2.33 bits per heavy atom. The van der Waals surface area contributed by atoms with E-state index in [1.54, 1.807) is 35.2 Å². The molecule has 1 saturated heterocycles. The van der Waals surface area contributed by atoms with E-state index in [9.17, 15) is 33.7 Å². The Kier molecular flexibility index (Phi) is 7.38. The number of aromatic hydroxyl groups is 1. The van der Waals surface area contributed by atoms with Crippen molar-refractivity contribution in [1.82, 2.24) is 0 Å². The molecule has 1 heterocycles. The van der Waals surface area contributed by atoms with E-state index in [0.29, 0.717) is 34.4 Å². The van der Waals surface area contributed by atoms with Crippen LogP contribution in [0.3, 0.4) is 0 Å². The van der Waals surface area contributed by atoms with Crippen LogP contribution in [0.2, 0.25) is 0 Å². The van der Waals surface area contributed by atoms with Gasteiger partial charge < -0.3 is 24.9 Å². The highest BCUT2D eigenvalue weighted by Gasteiger charge is 2.48. The van der Waals surface area contributed by atoms with Gasteiger partial charge in [0.2, 0.25) is 5.91 Å². The third kappa shape index (κ3) is 5.51. The van der Waals surface area contributed by atoms with Crippen molar-refractivity contribution in [1.29, 1.82) is 0 Å². The second-order valence-electron chi connectivity index (χ2n) is 9.61. The van der Waals surface area contributed by atoms with Gasteiger partial charge in [-0.25, -0.2) is 4.39 Å². The van der Waals surface area contributed by atoms with Crippen molar-refractivity contribution in [2.75, 3.05) is 4.90 Å². The van der Waals surface area contributed by atoms with Gasteiger partial charge >= 0.3 is 7.60 Å². The number of phenols is 1. The predicted octanol–water partition coefficient (Wildman–Crippen LogP) is 5.22. The minimum Gasteiger partial charge on any atom is -0.507 e. The lowest BCUT2D eigenvalue weighted by Crippen LogP contribution is -2.55. The number of hydrogen-bond donors (Lipinski definition) is 4. The SMILES string of the molecule is O=C1[C@H](CCC(O)c2cccc(F)c2)[C@@H](c2ccc(-c3cccc(P(=O)(O)O)c3)c(O)c2)N1c1ccccc1. The lowest BCUT2D eigenvalue weighted by molar-refractivity contribution is -0.131. The molecule has 0 radical (unpaired) electrons. The molecule has 0 aliphatic carbocycles. The first-order valence-electron chi connectivity index (χ1n) is 12.4. The van der Waals surface area contributed by atoms with Gasteiger partial charge in [-0.1, -0.05) is 54.6 Å². The van der Waals surface area contributed by atoms with E-state index in [0.717, 1.165) is 0 Å². The van der Waals surface area contributed by atoms with Crippen LogP contribution in [0.1, 0.15) is 36.1 Å². The van der Waals surface area contributed by atoms with Gasteiger partial charge in [-0.15, -0.1) is 0 Å². The zero-order valence-electron chi connectivity index (χ0n) is 20.8. The van der Waals surface area contributed by atoms with Gasteiger partial charge in [0.05, 0.1) is 23.4 Å². The van der Waals surface area contributed by atoms with E-state index in [-0.39, 0.29) is 23.4 Å². The minimum absolute atomic E-state index is 0.0960. The molecular weight excluding hydrogens is 520 g/mol. The molecule has 9 heteroatoms. The van der Waals surface area contributed by atoms with Gasteiger partial charge in [-0.2, -0.15) is 0 Å². The molecule has 1 fully saturated rings. The van der Waals surface area contributed by atoms with Crippen molar-refractivity contribution in [2.45, 2.75) is 25.0 Å². The molecule has 5 rings (SSSR count). The van der Waals surface area contributed by atoms with Crippen molar-refractivity contribution >= 4 is 24.5 Å². The number of amides is 1. The van der Waals surface area contributed by atoms with Crippen molar-refractivity contribution in [3.63, 3.8) is 0 Å². The van der Waals surface area contributed by atoms with Gasteiger partial charge in [-0.3, -0.25) is 9.36 Å². The Hall–Kier alpha value is -3.81. The first kappa shape index (κ1) is 26.8. The number of β-lactam (4-membered cyclic amide) rings is 1. The fourth-order valence-electron chi connectivity index (χ4n) is 5.14. The lowest BCUT2D eigenvalue weighted by Gasteiger charge is -2.48. The Morgan fingerprint density at radius 2 is 1.64 bits per heavy atom. The van der Waals surface area contributed by atoms with Crippen LogP contribution in [0.4, 0.5) is 10.1 Å². The number of aliphatic hydroxyl groups is 1.